The molecule has 0 aromatic heterocycles. The molecule has 2 amide bonds. The highest BCUT2D eigenvalue weighted by Crippen LogP contribution is 1.94. The summed E-state index contributed by atoms with van der Waals surface area (Å²) < 4.78 is 9.56. The molecule has 0 saturated carbocycles. The molecule has 1 N–H and O–H groups in total. The summed E-state index contributed by atoms with van der Waals surface area (Å²) in [5.74, 6) is -1.84. The molecule has 0 rings (SSSR count). The van der Waals surface area contributed by atoms with Gasteiger partial charge in [0.1, 0.15) is 13.2 Å². The molecule has 8 heteroatoms. The Morgan fingerprint density at radius 3 is 2.21 bits per heavy atom. The van der Waals surface area contributed by atoms with Crippen molar-refractivity contribution in [2.75, 3.05) is 54.1 Å². The maximum Gasteiger partial charge on any atom is 0.329 e. The smallest absolute Gasteiger partial charge is 0.329 e. The van der Waals surface area contributed by atoms with E-state index in [9.17, 15) is 14.4 Å². The molecule has 0 saturated heterocycles. The van der Waals surface area contributed by atoms with Crippen LogP contribution in [0.25, 0.3) is 0 Å². The lowest BCUT2D eigenvalue weighted by Crippen LogP contribution is -2.43. The minimum atomic E-state index is -1.15. The summed E-state index contributed by atoms with van der Waals surface area (Å²) in [5.41, 5.74) is 0. The van der Waals surface area contributed by atoms with E-state index in [1.54, 1.807) is 14.1 Å². The van der Waals surface area contributed by atoms with E-state index in [0.29, 0.717) is 0 Å². The predicted molar refractivity (Wildman–Crippen MR) is 65.6 cm³/mol. The van der Waals surface area contributed by atoms with Gasteiger partial charge in [0.2, 0.25) is 11.8 Å². The van der Waals surface area contributed by atoms with Gasteiger partial charge in [-0.2, -0.15) is 0 Å². The number of carboxylic acids is 1. The molecule has 0 heterocycles. The largest absolute Gasteiger partial charge is 0.480 e. The van der Waals surface area contributed by atoms with Gasteiger partial charge in [-0.05, 0) is 0 Å². The first-order valence-electron chi connectivity index (χ1n) is 5.65. The van der Waals surface area contributed by atoms with E-state index in [0.717, 1.165) is 0 Å². The van der Waals surface area contributed by atoms with Crippen LogP contribution in [0.5, 0.6) is 0 Å². The molecule has 0 fully saturated rings. The fourth-order valence-corrected chi connectivity index (χ4v) is 1.12. The summed E-state index contributed by atoms with van der Waals surface area (Å²) in [7, 11) is 4.65. The molecule has 8 nitrogen and oxygen atoms in total. The molecule has 0 aliphatic carbocycles. The Bertz CT molecular complexity index is 318. The molecular weight excluding hydrogens is 256 g/mol. The average molecular weight is 276 g/mol. The zero-order valence-electron chi connectivity index (χ0n) is 11.4. The number of methoxy groups -OCH3 is 1. The second-order valence-electron chi connectivity index (χ2n) is 3.98. The highest BCUT2D eigenvalue weighted by Gasteiger charge is 2.18. The van der Waals surface area contributed by atoms with E-state index in [1.807, 2.05) is 0 Å². The van der Waals surface area contributed by atoms with Gasteiger partial charge in [-0.25, -0.2) is 4.79 Å². The van der Waals surface area contributed by atoms with Crippen molar-refractivity contribution in [3.63, 3.8) is 0 Å². The first-order valence-corrected chi connectivity index (χ1v) is 5.65. The van der Waals surface area contributed by atoms with Gasteiger partial charge in [-0.3, -0.25) is 9.59 Å². The molecule has 0 radical (unpaired) electrons. The quantitative estimate of drug-likeness (QED) is 0.559. The van der Waals surface area contributed by atoms with Crippen LogP contribution in [0.15, 0.2) is 0 Å². The van der Waals surface area contributed by atoms with Gasteiger partial charge in [0.15, 0.2) is 0 Å². The number of nitrogens with zero attached hydrogens (tertiary/aromatic N) is 2. The number of carbonyl (C=O) groups excluding carboxylic acids is 2. The average Bonchev–Trinajstić information content (AvgIpc) is 2.33. The van der Waals surface area contributed by atoms with Crippen molar-refractivity contribution in [3.05, 3.63) is 0 Å². The number of carboxylic acid groups (broad SMARTS) is 1. The van der Waals surface area contributed by atoms with Gasteiger partial charge >= 0.3 is 5.97 Å². The van der Waals surface area contributed by atoms with E-state index < -0.39 is 18.5 Å². The van der Waals surface area contributed by atoms with Crippen LogP contribution in [0.3, 0.4) is 0 Å². The number of hydrogen-bond donors (Lipinski definition) is 1. The van der Waals surface area contributed by atoms with Crippen LogP contribution in [-0.2, 0) is 23.9 Å². The van der Waals surface area contributed by atoms with Gasteiger partial charge in [0.25, 0.3) is 0 Å². The van der Waals surface area contributed by atoms with Gasteiger partial charge in [-0.15, -0.1) is 0 Å². The summed E-state index contributed by atoms with van der Waals surface area (Å²) in [6.45, 7) is -0.495. The van der Waals surface area contributed by atoms with Crippen molar-refractivity contribution in [2.45, 2.75) is 0 Å². The van der Waals surface area contributed by atoms with Crippen LogP contribution in [0.2, 0.25) is 0 Å². The Balaban J connectivity index is 4.34. The molecule has 0 aliphatic rings. The summed E-state index contributed by atoms with van der Waals surface area (Å²) in [6.07, 6.45) is 0. The van der Waals surface area contributed by atoms with Crippen molar-refractivity contribution in [1.29, 1.82) is 0 Å². The summed E-state index contributed by atoms with van der Waals surface area (Å²) in [6, 6.07) is 0. The Kier molecular flexibility index (Phi) is 8.47. The van der Waals surface area contributed by atoms with E-state index in [2.05, 4.69) is 0 Å². The Morgan fingerprint density at radius 2 is 1.74 bits per heavy atom. The van der Waals surface area contributed by atoms with E-state index in [-0.39, 0.29) is 32.2 Å². The van der Waals surface area contributed by atoms with Crippen molar-refractivity contribution in [2.24, 2.45) is 0 Å². The van der Waals surface area contributed by atoms with E-state index in [4.69, 9.17) is 14.6 Å². The molecular formula is C11H20N2O6. The number of ether oxygens (including phenoxy) is 2. The maximum absolute atomic E-state index is 11.8. The lowest BCUT2D eigenvalue weighted by atomic mass is 10.4. The molecule has 0 atom stereocenters. The number of rotatable bonds is 9. The first-order chi connectivity index (χ1) is 8.88. The normalized spacial score (nSPS) is 10.1. The highest BCUT2D eigenvalue weighted by molar-refractivity contribution is 5.85. The third kappa shape index (κ3) is 8.11. The lowest BCUT2D eigenvalue weighted by Gasteiger charge is -2.23. The van der Waals surface area contributed by atoms with Crippen molar-refractivity contribution in [3.8, 4) is 0 Å². The minimum absolute atomic E-state index is 0.0916. The summed E-state index contributed by atoms with van der Waals surface area (Å²) in [4.78, 5) is 36.2. The fourth-order valence-electron chi connectivity index (χ4n) is 1.12. The number of carbonyl (C=O) groups is 3. The molecule has 0 unspecified atom stereocenters. The van der Waals surface area contributed by atoms with Gasteiger partial charge in [0, 0.05) is 27.7 Å². The molecule has 19 heavy (non-hydrogen) atoms. The third-order valence-electron chi connectivity index (χ3n) is 2.19. The van der Waals surface area contributed by atoms with Crippen molar-refractivity contribution >= 4 is 17.8 Å². The molecule has 0 aromatic carbocycles. The van der Waals surface area contributed by atoms with E-state index in [1.165, 1.54) is 16.9 Å². The standard InChI is InChI=1S/C11H20N2O6/c1-12(2)9(14)6-13(4-5-18-3)10(15)7-19-8-11(16)17/h4-8H2,1-3H3,(H,16,17). The second-order valence-corrected chi connectivity index (χ2v) is 3.98. The lowest BCUT2D eigenvalue weighted by molar-refractivity contribution is -0.148. The van der Waals surface area contributed by atoms with Crippen LogP contribution in [-0.4, -0.2) is 86.8 Å². The summed E-state index contributed by atoms with van der Waals surface area (Å²) in [5, 5.41) is 8.39. The van der Waals surface area contributed by atoms with Crippen molar-refractivity contribution in [1.82, 2.24) is 9.80 Å². The maximum atomic E-state index is 11.8. The first kappa shape index (κ1) is 17.3. The molecule has 0 spiro atoms. The highest BCUT2D eigenvalue weighted by atomic mass is 16.5. The number of likely N-dealkylation sites (N-methyl/N-ethyl adjacent to an activating group) is 1. The molecule has 0 aliphatic heterocycles. The zero-order valence-corrected chi connectivity index (χ0v) is 11.4. The Labute approximate surface area is 111 Å². The van der Waals surface area contributed by atoms with Gasteiger partial charge < -0.3 is 24.4 Å². The monoisotopic (exact) mass is 276 g/mol. The number of amides is 2. The SMILES string of the molecule is COCCN(CC(=O)N(C)C)C(=O)COCC(=O)O. The fraction of sp³-hybridized carbons (Fsp3) is 0.727. The molecule has 0 bridgehead atoms. The second kappa shape index (κ2) is 9.29. The van der Waals surface area contributed by atoms with Crippen molar-refractivity contribution < 1.29 is 29.0 Å². The zero-order chi connectivity index (χ0) is 14.8. The van der Waals surface area contributed by atoms with Crippen LogP contribution < -0.4 is 0 Å². The van der Waals surface area contributed by atoms with E-state index >= 15 is 0 Å². The molecule has 0 aromatic rings. The number of aliphatic carboxylic acids is 1. The van der Waals surface area contributed by atoms with Crippen LogP contribution in [0, 0.1) is 0 Å². The van der Waals surface area contributed by atoms with Gasteiger partial charge in [-0.1, -0.05) is 0 Å². The topological polar surface area (TPSA) is 96.4 Å². The van der Waals surface area contributed by atoms with Gasteiger partial charge in [0.05, 0.1) is 13.2 Å². The Morgan fingerprint density at radius 1 is 1.11 bits per heavy atom. The minimum Gasteiger partial charge on any atom is -0.480 e. The third-order valence-corrected chi connectivity index (χ3v) is 2.19. The number of hydrogen-bond acceptors (Lipinski definition) is 5. The summed E-state index contributed by atoms with van der Waals surface area (Å²) >= 11 is 0. The van der Waals surface area contributed by atoms with Crippen LogP contribution >= 0.6 is 0 Å². The predicted octanol–water partition coefficient (Wildman–Crippen LogP) is -1.35. The Hall–Kier alpha value is -1.67. The van der Waals surface area contributed by atoms with Crippen LogP contribution in [0.4, 0.5) is 0 Å². The molecule has 110 valence electrons. The van der Waals surface area contributed by atoms with Crippen LogP contribution in [0.1, 0.15) is 0 Å².